The van der Waals surface area contributed by atoms with Crippen LogP contribution < -0.4 is 0 Å². The number of rotatable bonds is 4. The van der Waals surface area contributed by atoms with Crippen LogP contribution in [0.15, 0.2) is 30.3 Å². The molecule has 1 aliphatic heterocycles. The van der Waals surface area contributed by atoms with Gasteiger partial charge in [-0.3, -0.25) is 9.59 Å². The molecule has 2 aliphatic rings. The summed E-state index contributed by atoms with van der Waals surface area (Å²) in [7, 11) is 0. The van der Waals surface area contributed by atoms with Crippen molar-refractivity contribution in [2.24, 2.45) is 17.8 Å². The second kappa shape index (κ2) is 5.27. The highest BCUT2D eigenvalue weighted by Gasteiger charge is 2.50. The quantitative estimate of drug-likeness (QED) is 0.910. The van der Waals surface area contributed by atoms with Crippen LogP contribution in [0.1, 0.15) is 18.4 Å². The molecular weight excluding hydrogens is 254 g/mol. The molecule has 0 aromatic heterocycles. The van der Waals surface area contributed by atoms with Crippen molar-refractivity contribution in [3.05, 3.63) is 35.9 Å². The van der Waals surface area contributed by atoms with Crippen molar-refractivity contribution in [3.63, 3.8) is 0 Å². The van der Waals surface area contributed by atoms with E-state index in [9.17, 15) is 9.59 Å². The lowest BCUT2D eigenvalue weighted by Gasteiger charge is -2.16. The summed E-state index contributed by atoms with van der Waals surface area (Å²) < 4.78 is 0. The Balaban J connectivity index is 1.52. The Kier molecular flexibility index (Phi) is 3.47. The zero-order valence-corrected chi connectivity index (χ0v) is 11.4. The number of carboxylic acids is 1. The van der Waals surface area contributed by atoms with Gasteiger partial charge in [-0.15, -0.1) is 0 Å². The van der Waals surface area contributed by atoms with Gasteiger partial charge in [-0.1, -0.05) is 30.3 Å². The van der Waals surface area contributed by atoms with Gasteiger partial charge in [0.2, 0.25) is 5.91 Å². The van der Waals surface area contributed by atoms with Gasteiger partial charge in [0.15, 0.2) is 0 Å². The molecule has 1 heterocycles. The topological polar surface area (TPSA) is 57.6 Å². The van der Waals surface area contributed by atoms with Gasteiger partial charge in [0.25, 0.3) is 0 Å². The molecule has 1 aromatic rings. The van der Waals surface area contributed by atoms with Gasteiger partial charge in [-0.2, -0.15) is 0 Å². The number of amides is 1. The largest absolute Gasteiger partial charge is 0.481 e. The van der Waals surface area contributed by atoms with Crippen LogP contribution in [0.4, 0.5) is 0 Å². The van der Waals surface area contributed by atoms with Gasteiger partial charge in [0.05, 0.1) is 11.8 Å². The first-order valence-corrected chi connectivity index (χ1v) is 7.20. The molecule has 20 heavy (non-hydrogen) atoms. The lowest BCUT2D eigenvalue weighted by Crippen LogP contribution is -2.31. The molecule has 3 atom stereocenters. The SMILES string of the molecule is O=C(O)C1CC1C(=O)N1CCC(Cc2ccccc2)C1. The van der Waals surface area contributed by atoms with E-state index in [4.69, 9.17) is 5.11 Å². The van der Waals surface area contributed by atoms with Crippen molar-refractivity contribution < 1.29 is 14.7 Å². The number of benzene rings is 1. The van der Waals surface area contributed by atoms with E-state index in [1.807, 2.05) is 23.1 Å². The van der Waals surface area contributed by atoms with E-state index in [1.54, 1.807) is 0 Å². The van der Waals surface area contributed by atoms with Crippen molar-refractivity contribution in [2.75, 3.05) is 13.1 Å². The summed E-state index contributed by atoms with van der Waals surface area (Å²) in [6.45, 7) is 1.55. The average Bonchev–Trinajstić information content (AvgIpc) is 3.13. The van der Waals surface area contributed by atoms with Crippen LogP contribution in [0.5, 0.6) is 0 Å². The van der Waals surface area contributed by atoms with E-state index in [0.29, 0.717) is 12.3 Å². The highest BCUT2D eigenvalue weighted by atomic mass is 16.4. The molecule has 4 nitrogen and oxygen atoms in total. The van der Waals surface area contributed by atoms with Crippen molar-refractivity contribution in [2.45, 2.75) is 19.3 Å². The van der Waals surface area contributed by atoms with Gasteiger partial charge in [0, 0.05) is 13.1 Å². The normalized spacial score (nSPS) is 28.4. The Hall–Kier alpha value is -1.84. The molecule has 0 bridgehead atoms. The highest BCUT2D eigenvalue weighted by Crippen LogP contribution is 2.41. The van der Waals surface area contributed by atoms with Gasteiger partial charge >= 0.3 is 5.97 Å². The Morgan fingerprint density at radius 3 is 2.60 bits per heavy atom. The number of likely N-dealkylation sites (tertiary alicyclic amines) is 1. The Labute approximate surface area is 118 Å². The smallest absolute Gasteiger partial charge is 0.307 e. The van der Waals surface area contributed by atoms with E-state index in [0.717, 1.165) is 25.9 Å². The molecule has 4 heteroatoms. The third-order valence-electron chi connectivity index (χ3n) is 4.39. The van der Waals surface area contributed by atoms with Crippen molar-refractivity contribution in [1.82, 2.24) is 4.90 Å². The lowest BCUT2D eigenvalue weighted by atomic mass is 9.99. The van der Waals surface area contributed by atoms with E-state index in [-0.39, 0.29) is 11.8 Å². The molecule has 3 unspecified atom stereocenters. The summed E-state index contributed by atoms with van der Waals surface area (Å²) in [5, 5.41) is 8.89. The van der Waals surface area contributed by atoms with Crippen LogP contribution in [0.25, 0.3) is 0 Å². The summed E-state index contributed by atoms with van der Waals surface area (Å²) in [6.07, 6.45) is 2.54. The molecule has 1 saturated heterocycles. The fourth-order valence-electron chi connectivity index (χ4n) is 3.12. The predicted molar refractivity (Wildman–Crippen MR) is 74.1 cm³/mol. The van der Waals surface area contributed by atoms with E-state index < -0.39 is 11.9 Å². The predicted octanol–water partition coefficient (Wildman–Crippen LogP) is 1.80. The minimum absolute atomic E-state index is 0.0490. The monoisotopic (exact) mass is 273 g/mol. The zero-order valence-electron chi connectivity index (χ0n) is 11.4. The Bertz CT molecular complexity index is 514. The zero-order chi connectivity index (χ0) is 14.1. The van der Waals surface area contributed by atoms with E-state index >= 15 is 0 Å². The summed E-state index contributed by atoms with van der Waals surface area (Å²) in [5.41, 5.74) is 1.31. The summed E-state index contributed by atoms with van der Waals surface area (Å²) in [4.78, 5) is 24.9. The maximum absolute atomic E-state index is 12.2. The molecule has 3 rings (SSSR count). The minimum Gasteiger partial charge on any atom is -0.481 e. The molecule has 2 fully saturated rings. The first kappa shape index (κ1) is 13.2. The maximum Gasteiger partial charge on any atom is 0.307 e. The van der Waals surface area contributed by atoms with Crippen LogP contribution >= 0.6 is 0 Å². The molecular formula is C16H19NO3. The molecule has 106 valence electrons. The Morgan fingerprint density at radius 2 is 1.95 bits per heavy atom. The van der Waals surface area contributed by atoms with E-state index in [2.05, 4.69) is 12.1 Å². The summed E-state index contributed by atoms with van der Waals surface area (Å²) in [5.74, 6) is -0.974. The average molecular weight is 273 g/mol. The number of carbonyl (C=O) groups is 2. The van der Waals surface area contributed by atoms with Crippen LogP contribution in [0, 0.1) is 17.8 Å². The first-order valence-electron chi connectivity index (χ1n) is 7.20. The van der Waals surface area contributed by atoms with E-state index in [1.165, 1.54) is 5.56 Å². The Morgan fingerprint density at radius 1 is 1.20 bits per heavy atom. The van der Waals surface area contributed by atoms with Crippen LogP contribution in [-0.2, 0) is 16.0 Å². The van der Waals surface area contributed by atoms with Gasteiger partial charge < -0.3 is 10.0 Å². The van der Waals surface area contributed by atoms with Crippen molar-refractivity contribution >= 4 is 11.9 Å². The van der Waals surface area contributed by atoms with Gasteiger partial charge in [-0.05, 0) is 30.7 Å². The fourth-order valence-corrected chi connectivity index (χ4v) is 3.12. The number of hydrogen-bond donors (Lipinski definition) is 1. The summed E-state index contributed by atoms with van der Waals surface area (Å²) >= 11 is 0. The van der Waals surface area contributed by atoms with Crippen LogP contribution in [0.3, 0.4) is 0 Å². The fraction of sp³-hybridized carbons (Fsp3) is 0.500. The van der Waals surface area contributed by atoms with Crippen LogP contribution in [-0.4, -0.2) is 35.0 Å². The number of carboxylic acid groups (broad SMARTS) is 1. The lowest BCUT2D eigenvalue weighted by molar-refractivity contribution is -0.141. The summed E-state index contributed by atoms with van der Waals surface area (Å²) in [6, 6.07) is 10.3. The second-order valence-electron chi connectivity index (χ2n) is 5.92. The minimum atomic E-state index is -0.830. The molecule has 1 aliphatic carbocycles. The number of aliphatic carboxylic acids is 1. The third kappa shape index (κ3) is 2.69. The van der Waals surface area contributed by atoms with Crippen molar-refractivity contribution in [1.29, 1.82) is 0 Å². The van der Waals surface area contributed by atoms with Gasteiger partial charge in [0.1, 0.15) is 0 Å². The van der Waals surface area contributed by atoms with Gasteiger partial charge in [-0.25, -0.2) is 0 Å². The second-order valence-corrected chi connectivity index (χ2v) is 5.92. The molecule has 1 amide bonds. The number of hydrogen-bond acceptors (Lipinski definition) is 2. The number of carbonyl (C=O) groups excluding carboxylic acids is 1. The van der Waals surface area contributed by atoms with Crippen LogP contribution in [0.2, 0.25) is 0 Å². The molecule has 1 aromatic carbocycles. The first-order chi connectivity index (χ1) is 9.65. The highest BCUT2D eigenvalue weighted by molar-refractivity contribution is 5.89. The molecule has 1 N–H and O–H groups in total. The maximum atomic E-state index is 12.2. The van der Waals surface area contributed by atoms with Crippen molar-refractivity contribution in [3.8, 4) is 0 Å². The third-order valence-corrected chi connectivity index (χ3v) is 4.39. The molecule has 0 spiro atoms. The number of nitrogens with zero attached hydrogens (tertiary/aromatic N) is 1. The standard InChI is InChI=1S/C16H19NO3/c18-15(13-9-14(13)16(19)20)17-7-6-12(10-17)8-11-4-2-1-3-5-11/h1-5,12-14H,6-10H2,(H,19,20). The molecule has 0 radical (unpaired) electrons. The molecule has 1 saturated carbocycles.